The summed E-state index contributed by atoms with van der Waals surface area (Å²) in [5.41, 5.74) is 4.68. The normalized spacial score (nSPS) is 12.5. The van der Waals surface area contributed by atoms with Crippen LogP contribution in [0.2, 0.25) is 0 Å². The SMILES string of the molecule is O=C(CCn1c2c(c3ccccc31)CCn1c-2nc2ccccc2c1=O)NCc1ccccn1. The van der Waals surface area contributed by atoms with Gasteiger partial charge in [-0.25, -0.2) is 4.98 Å². The van der Waals surface area contributed by atoms with Gasteiger partial charge in [0.1, 0.15) is 0 Å². The van der Waals surface area contributed by atoms with Crippen molar-refractivity contribution in [3.8, 4) is 11.5 Å². The summed E-state index contributed by atoms with van der Waals surface area (Å²) in [6, 6.07) is 21.3. The number of hydrogen-bond acceptors (Lipinski definition) is 4. The Morgan fingerprint density at radius 1 is 0.971 bits per heavy atom. The second kappa shape index (κ2) is 8.26. The van der Waals surface area contributed by atoms with E-state index in [4.69, 9.17) is 4.98 Å². The number of aryl methyl sites for hydroxylation is 2. The third-order valence-corrected chi connectivity index (χ3v) is 6.49. The van der Waals surface area contributed by atoms with E-state index >= 15 is 0 Å². The number of hydrogen-bond donors (Lipinski definition) is 1. The van der Waals surface area contributed by atoms with E-state index in [9.17, 15) is 9.59 Å². The maximum absolute atomic E-state index is 13.2. The van der Waals surface area contributed by atoms with Gasteiger partial charge in [0.2, 0.25) is 5.91 Å². The summed E-state index contributed by atoms with van der Waals surface area (Å²) in [5, 5.41) is 4.74. The Kier molecular flexibility index (Phi) is 4.95. The second-order valence-corrected chi connectivity index (χ2v) is 8.50. The molecule has 2 aromatic carbocycles. The number of rotatable bonds is 5. The van der Waals surface area contributed by atoms with Gasteiger partial charge in [-0.2, -0.15) is 0 Å². The van der Waals surface area contributed by atoms with Crippen molar-refractivity contribution in [3.05, 3.63) is 94.5 Å². The molecule has 0 atom stereocenters. The van der Waals surface area contributed by atoms with E-state index in [0.717, 1.165) is 28.7 Å². The summed E-state index contributed by atoms with van der Waals surface area (Å²) in [7, 11) is 0. The molecule has 0 saturated heterocycles. The first-order valence-electron chi connectivity index (χ1n) is 11.5. The number of nitrogens with zero attached hydrogens (tertiary/aromatic N) is 4. The Morgan fingerprint density at radius 2 is 1.76 bits per heavy atom. The Bertz CT molecular complexity index is 1600. The molecule has 1 aliphatic rings. The highest BCUT2D eigenvalue weighted by Crippen LogP contribution is 2.36. The van der Waals surface area contributed by atoms with Gasteiger partial charge < -0.3 is 9.88 Å². The zero-order valence-electron chi connectivity index (χ0n) is 18.6. The quantitative estimate of drug-likeness (QED) is 0.444. The largest absolute Gasteiger partial charge is 0.350 e. The molecule has 0 fully saturated rings. The van der Waals surface area contributed by atoms with Crippen molar-refractivity contribution in [2.45, 2.75) is 32.5 Å². The number of pyridine rings is 1. The van der Waals surface area contributed by atoms with Crippen molar-refractivity contribution in [2.24, 2.45) is 0 Å². The van der Waals surface area contributed by atoms with Gasteiger partial charge in [0.25, 0.3) is 5.56 Å². The van der Waals surface area contributed by atoms with E-state index in [0.29, 0.717) is 42.8 Å². The van der Waals surface area contributed by atoms with E-state index in [2.05, 4.69) is 27.0 Å². The Labute approximate surface area is 195 Å². The molecule has 0 radical (unpaired) electrons. The number of carbonyl (C=O) groups excluding carboxylic acids is 1. The highest BCUT2D eigenvalue weighted by Gasteiger charge is 2.27. The van der Waals surface area contributed by atoms with Crippen molar-refractivity contribution in [1.29, 1.82) is 0 Å². The van der Waals surface area contributed by atoms with Gasteiger partial charge in [0, 0.05) is 36.6 Å². The van der Waals surface area contributed by atoms with Crippen molar-refractivity contribution >= 4 is 27.7 Å². The molecule has 1 N–H and O–H groups in total. The minimum Gasteiger partial charge on any atom is -0.350 e. The lowest BCUT2D eigenvalue weighted by Gasteiger charge is -2.21. The van der Waals surface area contributed by atoms with Crippen LogP contribution in [0.5, 0.6) is 0 Å². The molecule has 0 bridgehead atoms. The van der Waals surface area contributed by atoms with Gasteiger partial charge in [0.05, 0.1) is 28.8 Å². The lowest BCUT2D eigenvalue weighted by atomic mass is 10.0. The molecular weight excluding hydrogens is 426 g/mol. The predicted molar refractivity (Wildman–Crippen MR) is 131 cm³/mol. The van der Waals surface area contributed by atoms with Crippen LogP contribution in [-0.4, -0.2) is 25.0 Å². The van der Waals surface area contributed by atoms with E-state index in [1.54, 1.807) is 10.8 Å². The summed E-state index contributed by atoms with van der Waals surface area (Å²) < 4.78 is 3.93. The molecule has 0 unspecified atom stereocenters. The minimum absolute atomic E-state index is 0.0174. The molecule has 1 amide bonds. The summed E-state index contributed by atoms with van der Waals surface area (Å²) in [6.45, 7) is 1.49. The molecule has 4 heterocycles. The monoisotopic (exact) mass is 449 g/mol. The zero-order valence-corrected chi connectivity index (χ0v) is 18.6. The number of para-hydroxylation sites is 2. The van der Waals surface area contributed by atoms with Gasteiger partial charge >= 0.3 is 0 Å². The fraction of sp³-hybridized carbons (Fsp3) is 0.185. The topological polar surface area (TPSA) is 81.8 Å². The van der Waals surface area contributed by atoms with Crippen LogP contribution >= 0.6 is 0 Å². The molecular formula is C27H23N5O2. The first-order valence-corrected chi connectivity index (χ1v) is 11.5. The lowest BCUT2D eigenvalue weighted by Crippen LogP contribution is -2.28. The molecule has 6 rings (SSSR count). The van der Waals surface area contributed by atoms with E-state index in [1.807, 2.05) is 54.6 Å². The minimum atomic E-state index is -0.0446. The smallest absolute Gasteiger partial charge is 0.261 e. The van der Waals surface area contributed by atoms with Crippen molar-refractivity contribution in [1.82, 2.24) is 24.4 Å². The Balaban J connectivity index is 1.39. The van der Waals surface area contributed by atoms with Crippen LogP contribution in [0.4, 0.5) is 0 Å². The molecule has 3 aromatic heterocycles. The van der Waals surface area contributed by atoms with Crippen molar-refractivity contribution < 1.29 is 4.79 Å². The number of benzene rings is 2. The average molecular weight is 450 g/mol. The maximum atomic E-state index is 13.2. The van der Waals surface area contributed by atoms with Gasteiger partial charge in [-0.15, -0.1) is 0 Å². The Hall–Kier alpha value is -4.26. The number of aromatic nitrogens is 4. The fourth-order valence-electron chi connectivity index (χ4n) is 4.89. The maximum Gasteiger partial charge on any atom is 0.261 e. The van der Waals surface area contributed by atoms with Crippen LogP contribution in [0.15, 0.2) is 77.7 Å². The molecule has 5 aromatic rings. The molecule has 0 aliphatic carbocycles. The number of carbonyl (C=O) groups is 1. The van der Waals surface area contributed by atoms with Crippen LogP contribution in [0.1, 0.15) is 17.7 Å². The number of fused-ring (bicyclic) bond motifs is 6. The van der Waals surface area contributed by atoms with Crippen LogP contribution in [0.3, 0.4) is 0 Å². The number of amides is 1. The van der Waals surface area contributed by atoms with Crippen LogP contribution < -0.4 is 10.9 Å². The fourth-order valence-corrected chi connectivity index (χ4v) is 4.89. The van der Waals surface area contributed by atoms with Gasteiger partial charge in [-0.05, 0) is 42.3 Å². The van der Waals surface area contributed by atoms with Gasteiger partial charge in [-0.3, -0.25) is 19.1 Å². The second-order valence-electron chi connectivity index (χ2n) is 8.50. The third-order valence-electron chi connectivity index (χ3n) is 6.49. The molecule has 34 heavy (non-hydrogen) atoms. The summed E-state index contributed by atoms with van der Waals surface area (Å²) in [5.74, 6) is 0.631. The highest BCUT2D eigenvalue weighted by molar-refractivity contribution is 5.92. The molecule has 1 aliphatic heterocycles. The Morgan fingerprint density at radius 3 is 2.62 bits per heavy atom. The first-order chi connectivity index (χ1) is 16.7. The first kappa shape index (κ1) is 20.4. The van der Waals surface area contributed by atoms with E-state index in [1.165, 1.54) is 5.56 Å². The summed E-state index contributed by atoms with van der Waals surface area (Å²) in [4.78, 5) is 35.1. The van der Waals surface area contributed by atoms with Crippen LogP contribution in [0.25, 0.3) is 33.3 Å². The summed E-state index contributed by atoms with van der Waals surface area (Å²) in [6.07, 6.45) is 2.78. The van der Waals surface area contributed by atoms with Gasteiger partial charge in [0.15, 0.2) is 5.82 Å². The van der Waals surface area contributed by atoms with Crippen LogP contribution in [-0.2, 0) is 30.8 Å². The van der Waals surface area contributed by atoms with Crippen molar-refractivity contribution in [2.75, 3.05) is 0 Å². The zero-order chi connectivity index (χ0) is 23.1. The molecule has 0 spiro atoms. The standard InChI is InChI=1S/C27H23N5O2/c33-24(29-17-18-7-5-6-14-28-18)13-16-31-23-11-4-2-8-19(23)20-12-15-32-26(25(20)31)30-22-10-3-1-9-21(22)27(32)34/h1-11,14H,12-13,15-17H2,(H,29,33). The van der Waals surface area contributed by atoms with Crippen LogP contribution in [0, 0.1) is 0 Å². The molecule has 0 saturated carbocycles. The van der Waals surface area contributed by atoms with E-state index in [-0.39, 0.29) is 11.5 Å². The highest BCUT2D eigenvalue weighted by atomic mass is 16.1. The molecule has 7 heteroatoms. The third kappa shape index (κ3) is 3.37. The molecule has 7 nitrogen and oxygen atoms in total. The predicted octanol–water partition coefficient (Wildman–Crippen LogP) is 3.68. The van der Waals surface area contributed by atoms with E-state index < -0.39 is 0 Å². The summed E-state index contributed by atoms with van der Waals surface area (Å²) >= 11 is 0. The average Bonchev–Trinajstić information content (AvgIpc) is 3.21. The van der Waals surface area contributed by atoms with Gasteiger partial charge in [-0.1, -0.05) is 36.4 Å². The van der Waals surface area contributed by atoms with Crippen molar-refractivity contribution in [3.63, 3.8) is 0 Å². The lowest BCUT2D eigenvalue weighted by molar-refractivity contribution is -0.121. The number of nitrogens with one attached hydrogen (secondary N) is 1. The molecule has 168 valence electrons.